The Labute approximate surface area is 220 Å². The highest BCUT2D eigenvalue weighted by Crippen LogP contribution is 2.40. The first-order chi connectivity index (χ1) is 18.3. The fourth-order valence-corrected chi connectivity index (χ4v) is 7.39. The Hall–Kier alpha value is -4.02. The molecule has 1 atom stereocenters. The van der Waals surface area contributed by atoms with Crippen LogP contribution in [-0.4, -0.2) is 56.3 Å². The number of fused-ring (bicyclic) bond motifs is 1. The van der Waals surface area contributed by atoms with Crippen LogP contribution in [0.25, 0.3) is 21.7 Å². The van der Waals surface area contributed by atoms with Gasteiger partial charge in [-0.2, -0.15) is 4.31 Å². The lowest BCUT2D eigenvalue weighted by atomic mass is 10.0. The third kappa shape index (κ3) is 3.63. The van der Waals surface area contributed by atoms with Crippen molar-refractivity contribution in [2.75, 3.05) is 30.9 Å². The number of sulfonamides is 1. The third-order valence-electron chi connectivity index (χ3n) is 7.43. The number of benzene rings is 3. The minimum absolute atomic E-state index is 0.0907. The van der Waals surface area contributed by atoms with Crippen molar-refractivity contribution in [2.45, 2.75) is 30.2 Å². The van der Waals surface area contributed by atoms with Crippen molar-refractivity contribution in [3.63, 3.8) is 0 Å². The van der Waals surface area contributed by atoms with Crippen molar-refractivity contribution in [1.29, 1.82) is 0 Å². The van der Waals surface area contributed by atoms with Gasteiger partial charge in [-0.3, -0.25) is 14.6 Å². The lowest BCUT2D eigenvalue weighted by Gasteiger charge is -2.34. The second-order valence-corrected chi connectivity index (χ2v) is 11.4. The molecule has 0 spiro atoms. The summed E-state index contributed by atoms with van der Waals surface area (Å²) in [7, 11) is -0.804. The monoisotopic (exact) mass is 530 g/mol. The quantitative estimate of drug-likeness (QED) is 0.415. The molecule has 0 bridgehead atoms. The van der Waals surface area contributed by atoms with Gasteiger partial charge in [0.25, 0.3) is 5.91 Å². The normalized spacial score (nSPS) is 17.8. The maximum atomic E-state index is 14.0. The number of nitrogens with one attached hydrogen (secondary N) is 1. The molecule has 10 heteroatoms. The lowest BCUT2D eigenvalue weighted by molar-refractivity contribution is -0.120. The van der Waals surface area contributed by atoms with Gasteiger partial charge in [-0.25, -0.2) is 8.42 Å². The number of rotatable bonds is 5. The number of pyridine rings is 1. The summed E-state index contributed by atoms with van der Waals surface area (Å²) in [5.41, 5.74) is 2.35. The van der Waals surface area contributed by atoms with Crippen LogP contribution in [0, 0.1) is 0 Å². The van der Waals surface area contributed by atoms with Crippen molar-refractivity contribution in [3.05, 3.63) is 66.4 Å². The van der Waals surface area contributed by atoms with Crippen LogP contribution in [0.5, 0.6) is 5.75 Å². The van der Waals surface area contributed by atoms with Gasteiger partial charge in [0.1, 0.15) is 17.3 Å². The van der Waals surface area contributed by atoms with Gasteiger partial charge >= 0.3 is 0 Å². The van der Waals surface area contributed by atoms with E-state index < -0.39 is 22.0 Å². The Morgan fingerprint density at radius 2 is 1.87 bits per heavy atom. The van der Waals surface area contributed by atoms with Crippen molar-refractivity contribution in [1.82, 2.24) is 9.29 Å². The van der Waals surface area contributed by atoms with E-state index in [9.17, 15) is 18.0 Å². The average molecular weight is 531 g/mol. The molecule has 1 N–H and O–H groups in total. The molecule has 6 rings (SSSR count). The van der Waals surface area contributed by atoms with Gasteiger partial charge in [0.15, 0.2) is 0 Å². The Morgan fingerprint density at radius 1 is 1.05 bits per heavy atom. The van der Waals surface area contributed by atoms with Crippen LogP contribution < -0.4 is 15.0 Å². The zero-order chi connectivity index (χ0) is 26.6. The molecule has 2 aliphatic heterocycles. The SMILES string of the molecule is COc1ccc(S(=O)(=O)N2CCCCC2C(=O)Nc2ccc3c4c(cccc24)C(=O)N3C)c2cccnc12. The molecule has 194 valence electrons. The summed E-state index contributed by atoms with van der Waals surface area (Å²) < 4.78 is 34.6. The molecular formula is C28H26N4O5S. The molecule has 9 nitrogen and oxygen atoms in total. The lowest BCUT2D eigenvalue weighted by Crippen LogP contribution is -2.49. The summed E-state index contributed by atoms with van der Waals surface area (Å²) in [6.45, 7) is 0.233. The van der Waals surface area contributed by atoms with Gasteiger partial charge in [-0.05, 0) is 55.3 Å². The molecule has 1 saturated heterocycles. The van der Waals surface area contributed by atoms with Crippen LogP contribution in [0.1, 0.15) is 29.6 Å². The van der Waals surface area contributed by atoms with Gasteiger partial charge < -0.3 is 15.0 Å². The largest absolute Gasteiger partial charge is 0.494 e. The number of amides is 2. The Bertz CT molecular complexity index is 1740. The van der Waals surface area contributed by atoms with Gasteiger partial charge in [-0.15, -0.1) is 0 Å². The van der Waals surface area contributed by atoms with E-state index >= 15 is 0 Å². The molecule has 0 radical (unpaired) electrons. The number of hydrogen-bond donors (Lipinski definition) is 1. The highest BCUT2D eigenvalue weighted by Gasteiger charge is 2.39. The van der Waals surface area contributed by atoms with E-state index in [2.05, 4.69) is 10.3 Å². The first-order valence-corrected chi connectivity index (χ1v) is 13.8. The second kappa shape index (κ2) is 9.07. The third-order valence-corrected chi connectivity index (χ3v) is 9.39. The molecule has 38 heavy (non-hydrogen) atoms. The Kier molecular flexibility index (Phi) is 5.81. The highest BCUT2D eigenvalue weighted by atomic mass is 32.2. The van der Waals surface area contributed by atoms with E-state index in [1.807, 2.05) is 6.07 Å². The van der Waals surface area contributed by atoms with Gasteiger partial charge in [0, 0.05) is 47.2 Å². The standard InChI is InChI=1S/C28H26N4O5S/c1-31-21-12-11-20(17-7-5-8-19(25(17)21)28(31)34)30-27(33)22-10-3-4-16-32(22)38(35,36)24-14-13-23(37-2)26-18(24)9-6-15-29-26/h5-9,11-15,22H,3-4,10,16H2,1-2H3,(H,30,33). The summed E-state index contributed by atoms with van der Waals surface area (Å²) in [6, 6.07) is 14.6. The predicted octanol–water partition coefficient (Wildman–Crippen LogP) is 4.17. The van der Waals surface area contributed by atoms with Crippen molar-refractivity contribution < 1.29 is 22.7 Å². The van der Waals surface area contributed by atoms with Gasteiger partial charge in [0.05, 0.1) is 17.7 Å². The van der Waals surface area contributed by atoms with Crippen molar-refractivity contribution >= 4 is 54.9 Å². The summed E-state index contributed by atoms with van der Waals surface area (Å²) >= 11 is 0. The van der Waals surface area contributed by atoms with Crippen molar-refractivity contribution in [2.24, 2.45) is 0 Å². The number of methoxy groups -OCH3 is 1. The summed E-state index contributed by atoms with van der Waals surface area (Å²) in [5, 5.41) is 4.93. The zero-order valence-electron chi connectivity index (χ0n) is 21.0. The number of ether oxygens (including phenoxy) is 1. The number of anilines is 2. The first kappa shape index (κ1) is 24.3. The maximum Gasteiger partial charge on any atom is 0.258 e. The molecule has 4 aromatic rings. The fourth-order valence-electron chi connectivity index (χ4n) is 5.55. The molecule has 0 aliphatic carbocycles. The second-order valence-electron chi connectivity index (χ2n) is 9.51. The molecular weight excluding hydrogens is 504 g/mol. The predicted molar refractivity (Wildman–Crippen MR) is 145 cm³/mol. The van der Waals surface area contributed by atoms with Crippen LogP contribution >= 0.6 is 0 Å². The summed E-state index contributed by atoms with van der Waals surface area (Å²) in [5.74, 6) is -0.0221. The van der Waals surface area contributed by atoms with Crippen LogP contribution in [0.15, 0.2) is 65.7 Å². The molecule has 2 aliphatic rings. The Balaban J connectivity index is 1.37. The van der Waals surface area contributed by atoms with E-state index in [1.165, 1.54) is 17.5 Å². The number of aromatic nitrogens is 1. The number of nitrogens with zero attached hydrogens (tertiary/aromatic N) is 3. The van der Waals surface area contributed by atoms with Crippen LogP contribution in [-0.2, 0) is 14.8 Å². The number of piperidine rings is 1. The van der Waals surface area contributed by atoms with Crippen LogP contribution in [0.4, 0.5) is 11.4 Å². The zero-order valence-corrected chi connectivity index (χ0v) is 21.8. The fraction of sp³-hybridized carbons (Fsp3) is 0.250. The summed E-state index contributed by atoms with van der Waals surface area (Å²) in [4.78, 5) is 32.3. The van der Waals surface area contributed by atoms with E-state index in [0.29, 0.717) is 40.7 Å². The first-order valence-electron chi connectivity index (χ1n) is 12.4. The minimum atomic E-state index is -4.03. The molecule has 1 aromatic heterocycles. The van der Waals surface area contributed by atoms with E-state index in [-0.39, 0.29) is 17.3 Å². The van der Waals surface area contributed by atoms with Crippen LogP contribution in [0.3, 0.4) is 0 Å². The molecule has 3 aromatic carbocycles. The van der Waals surface area contributed by atoms with Gasteiger partial charge in [-0.1, -0.05) is 18.6 Å². The molecule has 1 fully saturated rings. The number of carbonyl (C=O) groups excluding carboxylic acids is 2. The minimum Gasteiger partial charge on any atom is -0.494 e. The van der Waals surface area contributed by atoms with E-state index in [4.69, 9.17) is 4.74 Å². The molecule has 1 unspecified atom stereocenters. The molecule has 0 saturated carbocycles. The average Bonchev–Trinajstić information content (AvgIpc) is 3.19. The topological polar surface area (TPSA) is 109 Å². The maximum absolute atomic E-state index is 14.0. The highest BCUT2D eigenvalue weighted by molar-refractivity contribution is 7.89. The van der Waals surface area contributed by atoms with Crippen LogP contribution in [0.2, 0.25) is 0 Å². The molecule has 3 heterocycles. The van der Waals surface area contributed by atoms with E-state index in [1.54, 1.807) is 60.6 Å². The number of carbonyl (C=O) groups is 2. The van der Waals surface area contributed by atoms with E-state index in [0.717, 1.165) is 22.9 Å². The smallest absolute Gasteiger partial charge is 0.258 e. The molecule has 2 amide bonds. The van der Waals surface area contributed by atoms with Crippen molar-refractivity contribution in [3.8, 4) is 5.75 Å². The van der Waals surface area contributed by atoms with Gasteiger partial charge in [0.2, 0.25) is 15.9 Å². The number of hydrogen-bond acceptors (Lipinski definition) is 6. The Morgan fingerprint density at radius 3 is 2.68 bits per heavy atom. The summed E-state index contributed by atoms with van der Waals surface area (Å²) in [6.07, 6.45) is 3.38.